The van der Waals surface area contributed by atoms with Gasteiger partial charge in [-0.25, -0.2) is 4.98 Å². The van der Waals surface area contributed by atoms with Gasteiger partial charge in [0.1, 0.15) is 5.82 Å². The molecule has 13 heavy (non-hydrogen) atoms. The number of nitrogens with one attached hydrogen (secondary N) is 2. The summed E-state index contributed by atoms with van der Waals surface area (Å²) >= 11 is 3.23. The molecule has 0 saturated carbocycles. The van der Waals surface area contributed by atoms with Crippen LogP contribution in [0.2, 0.25) is 0 Å². The summed E-state index contributed by atoms with van der Waals surface area (Å²) in [5.74, 6) is 1.76. The molecule has 1 aliphatic heterocycles. The van der Waals surface area contributed by atoms with Gasteiger partial charge in [0, 0.05) is 6.42 Å². The number of aromatic nitrogens is 3. The molecule has 0 radical (unpaired) electrons. The van der Waals surface area contributed by atoms with Crippen LogP contribution in [-0.2, 0) is 6.42 Å². The summed E-state index contributed by atoms with van der Waals surface area (Å²) in [5.41, 5.74) is 0. The van der Waals surface area contributed by atoms with Gasteiger partial charge in [-0.3, -0.25) is 5.10 Å². The Hall–Kier alpha value is -0.420. The molecule has 0 aliphatic carbocycles. The van der Waals surface area contributed by atoms with Gasteiger partial charge in [-0.1, -0.05) is 0 Å². The smallest absolute Gasteiger partial charge is 0.217 e. The van der Waals surface area contributed by atoms with Gasteiger partial charge >= 0.3 is 0 Å². The standard InChI is InChI=1S/C8H13BrN4/c9-8-11-7(12-13-8)5-6-1-3-10-4-2-6/h6,10H,1-5H2,(H,11,12,13). The van der Waals surface area contributed by atoms with E-state index in [-0.39, 0.29) is 0 Å². The van der Waals surface area contributed by atoms with Gasteiger partial charge in [0.25, 0.3) is 0 Å². The third-order valence-electron chi connectivity index (χ3n) is 2.45. The Morgan fingerprint density at radius 3 is 2.77 bits per heavy atom. The van der Waals surface area contributed by atoms with Crippen LogP contribution in [0.3, 0.4) is 0 Å². The summed E-state index contributed by atoms with van der Waals surface area (Å²) in [5, 5.41) is 10.2. The van der Waals surface area contributed by atoms with Crippen LogP contribution >= 0.6 is 15.9 Å². The Balaban J connectivity index is 1.89. The van der Waals surface area contributed by atoms with Crippen LogP contribution in [0.5, 0.6) is 0 Å². The van der Waals surface area contributed by atoms with Gasteiger partial charge in [-0.15, -0.1) is 5.10 Å². The van der Waals surface area contributed by atoms with E-state index in [0.717, 1.165) is 31.3 Å². The molecular weight excluding hydrogens is 232 g/mol. The molecule has 2 rings (SSSR count). The molecule has 72 valence electrons. The summed E-state index contributed by atoms with van der Waals surface area (Å²) in [6.07, 6.45) is 3.52. The monoisotopic (exact) mass is 244 g/mol. The van der Waals surface area contributed by atoms with Gasteiger partial charge in [0.15, 0.2) is 0 Å². The first-order valence-electron chi connectivity index (χ1n) is 4.62. The van der Waals surface area contributed by atoms with Crippen LogP contribution in [0.15, 0.2) is 4.73 Å². The molecule has 0 amide bonds. The molecular formula is C8H13BrN4. The van der Waals surface area contributed by atoms with Crippen molar-refractivity contribution >= 4 is 15.9 Å². The molecule has 1 aromatic rings. The number of hydrogen-bond donors (Lipinski definition) is 2. The third-order valence-corrected chi connectivity index (χ3v) is 2.80. The number of aromatic amines is 1. The fourth-order valence-electron chi connectivity index (χ4n) is 1.72. The molecule has 0 unspecified atom stereocenters. The van der Waals surface area contributed by atoms with Crippen molar-refractivity contribution in [1.82, 2.24) is 20.5 Å². The van der Waals surface area contributed by atoms with Crippen molar-refractivity contribution in [2.75, 3.05) is 13.1 Å². The molecule has 0 bridgehead atoms. The van der Waals surface area contributed by atoms with Crippen LogP contribution < -0.4 is 5.32 Å². The number of rotatable bonds is 2. The first-order valence-corrected chi connectivity index (χ1v) is 5.41. The quantitative estimate of drug-likeness (QED) is 0.820. The lowest BCUT2D eigenvalue weighted by Crippen LogP contribution is -2.28. The summed E-state index contributed by atoms with van der Waals surface area (Å²) in [6, 6.07) is 0. The minimum absolute atomic E-state index is 0.663. The van der Waals surface area contributed by atoms with Crippen LogP contribution in [0, 0.1) is 5.92 Å². The first kappa shape index (κ1) is 9.15. The molecule has 1 saturated heterocycles. The van der Waals surface area contributed by atoms with E-state index >= 15 is 0 Å². The molecule has 0 aromatic carbocycles. The predicted octanol–water partition coefficient (Wildman–Crippen LogP) is 1.11. The van der Waals surface area contributed by atoms with Crippen LogP contribution in [0.25, 0.3) is 0 Å². The third kappa shape index (κ3) is 2.51. The van der Waals surface area contributed by atoms with E-state index < -0.39 is 0 Å². The Labute approximate surface area is 85.6 Å². The zero-order chi connectivity index (χ0) is 9.10. The van der Waals surface area contributed by atoms with Crippen LogP contribution in [-0.4, -0.2) is 28.3 Å². The number of nitrogens with zero attached hydrogens (tertiary/aromatic N) is 2. The fourth-order valence-corrected chi connectivity index (χ4v) is 2.03. The van der Waals surface area contributed by atoms with E-state index in [0.29, 0.717) is 4.73 Å². The molecule has 5 heteroatoms. The maximum absolute atomic E-state index is 4.23. The normalized spacial score (nSPS) is 19.2. The van der Waals surface area contributed by atoms with E-state index in [4.69, 9.17) is 0 Å². The second-order valence-corrected chi connectivity index (χ2v) is 4.16. The van der Waals surface area contributed by atoms with Gasteiger partial charge in [0.05, 0.1) is 0 Å². The second-order valence-electron chi connectivity index (χ2n) is 3.45. The zero-order valence-corrected chi connectivity index (χ0v) is 8.97. The second kappa shape index (κ2) is 4.19. The lowest BCUT2D eigenvalue weighted by molar-refractivity contribution is 0.367. The molecule has 2 heterocycles. The van der Waals surface area contributed by atoms with Crippen molar-refractivity contribution in [1.29, 1.82) is 0 Å². The molecule has 0 atom stereocenters. The zero-order valence-electron chi connectivity index (χ0n) is 7.39. The summed E-state index contributed by atoms with van der Waals surface area (Å²) in [6.45, 7) is 2.28. The van der Waals surface area contributed by atoms with E-state index in [2.05, 4.69) is 36.4 Å². The van der Waals surface area contributed by atoms with Gasteiger partial charge < -0.3 is 5.32 Å². The lowest BCUT2D eigenvalue weighted by atomic mass is 9.94. The minimum atomic E-state index is 0.663. The molecule has 0 spiro atoms. The van der Waals surface area contributed by atoms with E-state index in [1.807, 2.05) is 0 Å². The van der Waals surface area contributed by atoms with Crippen molar-refractivity contribution in [3.63, 3.8) is 0 Å². The Morgan fingerprint density at radius 1 is 1.38 bits per heavy atom. The summed E-state index contributed by atoms with van der Waals surface area (Å²) < 4.78 is 0.663. The highest BCUT2D eigenvalue weighted by Crippen LogP contribution is 2.16. The molecule has 1 aliphatic rings. The number of H-pyrrole nitrogens is 1. The van der Waals surface area contributed by atoms with Crippen molar-refractivity contribution < 1.29 is 0 Å². The summed E-state index contributed by atoms with van der Waals surface area (Å²) in [7, 11) is 0. The fraction of sp³-hybridized carbons (Fsp3) is 0.750. The van der Waals surface area contributed by atoms with E-state index in [1.54, 1.807) is 0 Å². The van der Waals surface area contributed by atoms with Crippen molar-refractivity contribution in [3.05, 3.63) is 10.6 Å². The highest BCUT2D eigenvalue weighted by molar-refractivity contribution is 9.10. The van der Waals surface area contributed by atoms with Gasteiger partial charge in [-0.05, 0) is 47.8 Å². The number of halogens is 1. The number of hydrogen-bond acceptors (Lipinski definition) is 3. The molecule has 2 N–H and O–H groups in total. The van der Waals surface area contributed by atoms with Gasteiger partial charge in [-0.2, -0.15) is 0 Å². The SMILES string of the molecule is Brc1n[nH]c(CC2CCNCC2)n1. The Morgan fingerprint density at radius 2 is 2.15 bits per heavy atom. The topological polar surface area (TPSA) is 53.6 Å². The first-order chi connectivity index (χ1) is 6.34. The average Bonchev–Trinajstić information content (AvgIpc) is 2.53. The maximum Gasteiger partial charge on any atom is 0.217 e. The Bertz CT molecular complexity index is 267. The lowest BCUT2D eigenvalue weighted by Gasteiger charge is -2.21. The van der Waals surface area contributed by atoms with Crippen molar-refractivity contribution in [2.45, 2.75) is 19.3 Å². The average molecular weight is 245 g/mol. The highest BCUT2D eigenvalue weighted by Gasteiger charge is 2.15. The Kier molecular flexibility index (Phi) is 2.95. The van der Waals surface area contributed by atoms with E-state index in [9.17, 15) is 0 Å². The van der Waals surface area contributed by atoms with Crippen molar-refractivity contribution in [3.8, 4) is 0 Å². The van der Waals surface area contributed by atoms with Crippen LogP contribution in [0.4, 0.5) is 0 Å². The van der Waals surface area contributed by atoms with Crippen molar-refractivity contribution in [2.24, 2.45) is 5.92 Å². The van der Waals surface area contributed by atoms with Crippen LogP contribution in [0.1, 0.15) is 18.7 Å². The minimum Gasteiger partial charge on any atom is -0.317 e. The predicted molar refractivity (Wildman–Crippen MR) is 53.4 cm³/mol. The molecule has 4 nitrogen and oxygen atoms in total. The van der Waals surface area contributed by atoms with E-state index in [1.165, 1.54) is 12.8 Å². The molecule has 1 aromatic heterocycles. The summed E-state index contributed by atoms with van der Waals surface area (Å²) in [4.78, 5) is 4.23. The largest absolute Gasteiger partial charge is 0.317 e. The van der Waals surface area contributed by atoms with Gasteiger partial charge in [0.2, 0.25) is 4.73 Å². The number of piperidine rings is 1. The highest BCUT2D eigenvalue weighted by atomic mass is 79.9. The maximum atomic E-state index is 4.23. The molecule has 1 fully saturated rings.